The van der Waals surface area contributed by atoms with E-state index in [2.05, 4.69) is 20.7 Å². The summed E-state index contributed by atoms with van der Waals surface area (Å²) in [6, 6.07) is 10.8. The van der Waals surface area contributed by atoms with Crippen molar-refractivity contribution in [2.45, 2.75) is 13.8 Å². The summed E-state index contributed by atoms with van der Waals surface area (Å²) in [6.45, 7) is 3.20. The molecule has 9 heteroatoms. The summed E-state index contributed by atoms with van der Waals surface area (Å²) in [5.41, 5.74) is 1.88. The molecule has 28 heavy (non-hydrogen) atoms. The molecule has 1 aromatic heterocycles. The van der Waals surface area contributed by atoms with Gasteiger partial charge in [-0.25, -0.2) is 14.1 Å². The number of amides is 2. The van der Waals surface area contributed by atoms with Gasteiger partial charge in [0.15, 0.2) is 0 Å². The van der Waals surface area contributed by atoms with E-state index < -0.39 is 11.8 Å². The van der Waals surface area contributed by atoms with Crippen molar-refractivity contribution in [2.75, 3.05) is 11.9 Å². The number of aryl methyl sites for hydroxylation is 1. The van der Waals surface area contributed by atoms with Gasteiger partial charge in [-0.2, -0.15) is 0 Å². The minimum atomic E-state index is -0.595. The van der Waals surface area contributed by atoms with Gasteiger partial charge in [0, 0.05) is 10.7 Å². The average Bonchev–Trinajstić information content (AvgIpc) is 3.06. The van der Waals surface area contributed by atoms with Crippen molar-refractivity contribution in [3.05, 3.63) is 70.5 Å². The number of benzene rings is 2. The average molecular weight is 402 g/mol. The van der Waals surface area contributed by atoms with Gasteiger partial charge in [0.25, 0.3) is 5.91 Å². The largest absolute Gasteiger partial charge is 0.340 e. The third kappa shape index (κ3) is 4.34. The zero-order valence-corrected chi connectivity index (χ0v) is 15.9. The maximum absolute atomic E-state index is 13.1. The van der Waals surface area contributed by atoms with Crippen molar-refractivity contribution in [3.8, 4) is 5.69 Å². The fourth-order valence-electron chi connectivity index (χ4n) is 2.49. The Labute approximate surface area is 165 Å². The molecule has 144 valence electrons. The van der Waals surface area contributed by atoms with E-state index in [1.807, 2.05) is 0 Å². The van der Waals surface area contributed by atoms with Crippen LogP contribution < -0.4 is 10.6 Å². The second-order valence-electron chi connectivity index (χ2n) is 6.01. The maximum Gasteiger partial charge on any atom is 0.291 e. The van der Waals surface area contributed by atoms with E-state index in [1.54, 1.807) is 32.0 Å². The van der Waals surface area contributed by atoms with E-state index >= 15 is 0 Å². The van der Waals surface area contributed by atoms with E-state index in [9.17, 15) is 14.0 Å². The summed E-state index contributed by atoms with van der Waals surface area (Å²) >= 11 is 6.02. The number of nitrogens with one attached hydrogen (secondary N) is 2. The molecule has 0 spiro atoms. The number of hydrogen-bond donors (Lipinski definition) is 2. The van der Waals surface area contributed by atoms with Crippen LogP contribution in [0.25, 0.3) is 5.69 Å². The lowest BCUT2D eigenvalue weighted by molar-refractivity contribution is -0.115. The maximum atomic E-state index is 13.1. The normalized spacial score (nSPS) is 10.6. The van der Waals surface area contributed by atoms with E-state index in [4.69, 9.17) is 11.6 Å². The molecule has 0 saturated carbocycles. The summed E-state index contributed by atoms with van der Waals surface area (Å²) in [4.78, 5) is 28.4. The Morgan fingerprint density at radius 1 is 1.14 bits per heavy atom. The van der Waals surface area contributed by atoms with Crippen molar-refractivity contribution < 1.29 is 14.0 Å². The van der Waals surface area contributed by atoms with Crippen molar-refractivity contribution in [1.29, 1.82) is 0 Å². The van der Waals surface area contributed by atoms with Gasteiger partial charge < -0.3 is 10.6 Å². The van der Waals surface area contributed by atoms with Crippen LogP contribution in [-0.4, -0.2) is 33.1 Å². The van der Waals surface area contributed by atoms with Crippen LogP contribution in [0.3, 0.4) is 0 Å². The molecule has 2 N–H and O–H groups in total. The number of carbonyl (C=O) groups excluding carboxylic acids is 2. The number of hydrogen-bond acceptors (Lipinski definition) is 4. The molecule has 0 bridgehead atoms. The highest BCUT2D eigenvalue weighted by Gasteiger charge is 2.16. The van der Waals surface area contributed by atoms with Gasteiger partial charge in [-0.1, -0.05) is 17.7 Å². The molecule has 0 aliphatic rings. The molecule has 0 aliphatic carbocycles. The third-order valence-corrected chi connectivity index (χ3v) is 4.40. The first-order valence-corrected chi connectivity index (χ1v) is 8.75. The number of aromatic nitrogens is 3. The van der Waals surface area contributed by atoms with Crippen LogP contribution >= 0.6 is 11.6 Å². The Hall–Kier alpha value is -3.26. The summed E-state index contributed by atoms with van der Waals surface area (Å²) in [6.07, 6.45) is 0. The van der Waals surface area contributed by atoms with Gasteiger partial charge in [0.1, 0.15) is 11.6 Å². The first-order chi connectivity index (χ1) is 13.3. The van der Waals surface area contributed by atoms with Crippen molar-refractivity contribution in [2.24, 2.45) is 0 Å². The number of carbonyl (C=O) groups is 2. The van der Waals surface area contributed by atoms with Crippen molar-refractivity contribution in [1.82, 2.24) is 20.1 Å². The Morgan fingerprint density at radius 3 is 2.57 bits per heavy atom. The SMILES string of the molecule is Cc1c(Cl)cccc1NC(=O)CNC(=O)c1nc(C)n(-c2ccc(F)cc2)n1. The van der Waals surface area contributed by atoms with Crippen LogP contribution in [0, 0.1) is 19.7 Å². The Morgan fingerprint density at radius 2 is 1.86 bits per heavy atom. The molecule has 2 aromatic carbocycles. The van der Waals surface area contributed by atoms with Crippen LogP contribution in [0.5, 0.6) is 0 Å². The quantitative estimate of drug-likeness (QED) is 0.687. The predicted octanol–water partition coefficient (Wildman–Crippen LogP) is 3.05. The lowest BCUT2D eigenvalue weighted by Gasteiger charge is -2.09. The second kappa shape index (κ2) is 8.18. The van der Waals surface area contributed by atoms with E-state index in [0.717, 1.165) is 5.56 Å². The van der Waals surface area contributed by atoms with Gasteiger partial charge in [-0.15, -0.1) is 5.10 Å². The molecule has 0 aliphatic heterocycles. The predicted molar refractivity (Wildman–Crippen MR) is 103 cm³/mol. The number of rotatable bonds is 5. The molecule has 2 amide bonds. The highest BCUT2D eigenvalue weighted by molar-refractivity contribution is 6.31. The molecular weight excluding hydrogens is 385 g/mol. The van der Waals surface area contributed by atoms with Gasteiger partial charge in [-0.05, 0) is 55.8 Å². The molecule has 0 unspecified atom stereocenters. The van der Waals surface area contributed by atoms with Crippen LogP contribution in [0.2, 0.25) is 5.02 Å². The fraction of sp³-hybridized carbons (Fsp3) is 0.158. The Kier molecular flexibility index (Phi) is 5.70. The molecule has 3 aromatic rings. The summed E-state index contributed by atoms with van der Waals surface area (Å²) < 4.78 is 14.5. The Balaban J connectivity index is 1.63. The molecular formula is C19H17ClFN5O2. The topological polar surface area (TPSA) is 88.9 Å². The minimum absolute atomic E-state index is 0.0893. The molecule has 3 rings (SSSR count). The van der Waals surface area contributed by atoms with Crippen molar-refractivity contribution in [3.63, 3.8) is 0 Å². The van der Waals surface area contributed by atoms with E-state index in [0.29, 0.717) is 22.2 Å². The van der Waals surface area contributed by atoms with Crippen LogP contribution in [-0.2, 0) is 4.79 Å². The monoisotopic (exact) mass is 401 g/mol. The molecule has 0 atom stereocenters. The van der Waals surface area contributed by atoms with Crippen LogP contribution in [0.15, 0.2) is 42.5 Å². The van der Waals surface area contributed by atoms with Gasteiger partial charge >= 0.3 is 0 Å². The molecule has 0 saturated heterocycles. The number of halogens is 2. The zero-order chi connectivity index (χ0) is 20.3. The lowest BCUT2D eigenvalue weighted by atomic mass is 10.2. The van der Waals surface area contributed by atoms with Gasteiger partial charge in [0.2, 0.25) is 11.7 Å². The van der Waals surface area contributed by atoms with Gasteiger partial charge in [0.05, 0.1) is 12.2 Å². The number of nitrogens with zero attached hydrogens (tertiary/aromatic N) is 3. The van der Waals surface area contributed by atoms with Crippen molar-refractivity contribution >= 4 is 29.1 Å². The first-order valence-electron chi connectivity index (χ1n) is 8.38. The highest BCUT2D eigenvalue weighted by Crippen LogP contribution is 2.22. The Bertz CT molecular complexity index is 1030. The molecule has 7 nitrogen and oxygen atoms in total. The zero-order valence-electron chi connectivity index (χ0n) is 15.2. The van der Waals surface area contributed by atoms with Crippen LogP contribution in [0.1, 0.15) is 22.0 Å². The molecule has 0 fully saturated rings. The lowest BCUT2D eigenvalue weighted by Crippen LogP contribution is -2.33. The second-order valence-corrected chi connectivity index (χ2v) is 6.42. The van der Waals surface area contributed by atoms with E-state index in [-0.39, 0.29) is 18.2 Å². The minimum Gasteiger partial charge on any atom is -0.340 e. The summed E-state index contributed by atoms with van der Waals surface area (Å²) in [7, 11) is 0. The first kappa shape index (κ1) is 19.5. The number of anilines is 1. The summed E-state index contributed by atoms with van der Waals surface area (Å²) in [5.74, 6) is -1.01. The van der Waals surface area contributed by atoms with Gasteiger partial charge in [-0.3, -0.25) is 9.59 Å². The summed E-state index contributed by atoms with van der Waals surface area (Å²) in [5, 5.41) is 9.81. The fourth-order valence-corrected chi connectivity index (χ4v) is 2.66. The molecule has 0 radical (unpaired) electrons. The van der Waals surface area contributed by atoms with Crippen LogP contribution in [0.4, 0.5) is 10.1 Å². The smallest absolute Gasteiger partial charge is 0.291 e. The highest BCUT2D eigenvalue weighted by atomic mass is 35.5. The standard InChI is InChI=1S/C19H17ClFN5O2/c1-11-15(20)4-3-5-16(11)24-17(27)10-22-19(28)18-23-12(2)26(25-18)14-8-6-13(21)7-9-14/h3-9H,10H2,1-2H3,(H,22,28)(H,24,27). The van der Waals surface area contributed by atoms with E-state index in [1.165, 1.54) is 28.9 Å². The molecule has 1 heterocycles. The third-order valence-electron chi connectivity index (χ3n) is 3.99.